The summed E-state index contributed by atoms with van der Waals surface area (Å²) >= 11 is 0. The third-order valence-electron chi connectivity index (χ3n) is 5.60. The van der Waals surface area contributed by atoms with E-state index >= 15 is 0 Å². The summed E-state index contributed by atoms with van der Waals surface area (Å²) in [4.78, 5) is 24.2. The summed E-state index contributed by atoms with van der Waals surface area (Å²) in [6.45, 7) is 0.526. The average Bonchev–Trinajstić information content (AvgIpc) is 3.27. The lowest BCUT2D eigenvalue weighted by Gasteiger charge is -2.12. The van der Waals surface area contributed by atoms with Crippen LogP contribution in [0.5, 0.6) is 0 Å². The zero-order valence-corrected chi connectivity index (χ0v) is 15.1. The van der Waals surface area contributed by atoms with Crippen molar-refractivity contribution < 1.29 is 9.59 Å². The van der Waals surface area contributed by atoms with E-state index in [1.165, 1.54) is 51.4 Å². The topological polar surface area (TPSA) is 58.2 Å². The van der Waals surface area contributed by atoms with Crippen LogP contribution in [0.25, 0.3) is 0 Å². The molecule has 1 aromatic rings. The first kappa shape index (κ1) is 18.0. The Morgan fingerprint density at radius 1 is 0.880 bits per heavy atom. The molecule has 3 rings (SSSR count). The molecule has 0 bridgehead atoms. The SMILES string of the molecule is O=C(CC1CCCC1)NCc1cccc(NC(=O)CC2CCCC2)c1. The van der Waals surface area contributed by atoms with Crippen LogP contribution in [0.3, 0.4) is 0 Å². The highest BCUT2D eigenvalue weighted by atomic mass is 16.2. The summed E-state index contributed by atoms with van der Waals surface area (Å²) in [6, 6.07) is 7.80. The molecule has 25 heavy (non-hydrogen) atoms. The number of hydrogen-bond donors (Lipinski definition) is 2. The first-order chi connectivity index (χ1) is 12.2. The Morgan fingerprint density at radius 3 is 2.12 bits per heavy atom. The molecule has 2 fully saturated rings. The first-order valence-electron chi connectivity index (χ1n) is 9.84. The molecule has 0 radical (unpaired) electrons. The van der Waals surface area contributed by atoms with Crippen molar-refractivity contribution in [2.45, 2.75) is 70.8 Å². The molecular formula is C21H30N2O2. The monoisotopic (exact) mass is 342 g/mol. The van der Waals surface area contributed by atoms with Crippen LogP contribution in [-0.4, -0.2) is 11.8 Å². The number of hydrogen-bond acceptors (Lipinski definition) is 2. The fourth-order valence-electron chi connectivity index (χ4n) is 4.20. The fraction of sp³-hybridized carbons (Fsp3) is 0.619. The van der Waals surface area contributed by atoms with Crippen molar-refractivity contribution >= 4 is 17.5 Å². The van der Waals surface area contributed by atoms with Gasteiger partial charge >= 0.3 is 0 Å². The molecule has 2 amide bonds. The van der Waals surface area contributed by atoms with E-state index in [9.17, 15) is 9.59 Å². The van der Waals surface area contributed by atoms with Crippen molar-refractivity contribution in [3.8, 4) is 0 Å². The van der Waals surface area contributed by atoms with Gasteiger partial charge in [0.25, 0.3) is 0 Å². The molecule has 0 aliphatic heterocycles. The number of benzene rings is 1. The zero-order valence-electron chi connectivity index (χ0n) is 15.1. The molecule has 2 aliphatic rings. The predicted octanol–water partition coefficient (Wildman–Crippen LogP) is 4.40. The minimum atomic E-state index is 0.106. The van der Waals surface area contributed by atoms with Gasteiger partial charge in [-0.1, -0.05) is 37.8 Å². The van der Waals surface area contributed by atoms with Gasteiger partial charge in [-0.25, -0.2) is 0 Å². The molecule has 0 heterocycles. The van der Waals surface area contributed by atoms with E-state index in [0.717, 1.165) is 11.3 Å². The molecule has 0 saturated heterocycles. The van der Waals surface area contributed by atoms with Crippen molar-refractivity contribution in [3.05, 3.63) is 29.8 Å². The molecule has 4 heteroatoms. The Kier molecular flexibility index (Phi) is 6.48. The van der Waals surface area contributed by atoms with Gasteiger partial charge in [0, 0.05) is 25.1 Å². The van der Waals surface area contributed by atoms with Gasteiger partial charge in [-0.3, -0.25) is 9.59 Å². The highest BCUT2D eigenvalue weighted by Crippen LogP contribution is 2.28. The Morgan fingerprint density at radius 2 is 1.48 bits per heavy atom. The zero-order chi connectivity index (χ0) is 17.5. The van der Waals surface area contributed by atoms with E-state index in [2.05, 4.69) is 10.6 Å². The highest BCUT2D eigenvalue weighted by Gasteiger charge is 2.19. The number of anilines is 1. The number of carbonyl (C=O) groups is 2. The Hall–Kier alpha value is -1.84. The minimum absolute atomic E-state index is 0.106. The van der Waals surface area contributed by atoms with Gasteiger partial charge in [0.05, 0.1) is 0 Å². The smallest absolute Gasteiger partial charge is 0.224 e. The van der Waals surface area contributed by atoms with Gasteiger partial charge in [0.1, 0.15) is 0 Å². The summed E-state index contributed by atoms with van der Waals surface area (Å²) in [5.41, 5.74) is 1.85. The van der Waals surface area contributed by atoms with E-state index in [4.69, 9.17) is 0 Å². The summed E-state index contributed by atoms with van der Waals surface area (Å²) in [7, 11) is 0. The number of amides is 2. The second kappa shape index (κ2) is 9.02. The molecule has 4 nitrogen and oxygen atoms in total. The van der Waals surface area contributed by atoms with Gasteiger partial charge in [-0.05, 0) is 55.2 Å². The molecule has 0 aromatic heterocycles. The van der Waals surface area contributed by atoms with Crippen molar-refractivity contribution in [2.24, 2.45) is 11.8 Å². The summed E-state index contributed by atoms with van der Waals surface area (Å²) in [6.07, 6.45) is 11.1. The van der Waals surface area contributed by atoms with Gasteiger partial charge in [0.15, 0.2) is 0 Å². The van der Waals surface area contributed by atoms with Crippen LogP contribution in [0.4, 0.5) is 5.69 Å². The molecule has 2 N–H and O–H groups in total. The summed E-state index contributed by atoms with van der Waals surface area (Å²) < 4.78 is 0. The molecule has 0 spiro atoms. The molecule has 0 atom stereocenters. The van der Waals surface area contributed by atoms with Crippen molar-refractivity contribution in [1.82, 2.24) is 5.32 Å². The van der Waals surface area contributed by atoms with E-state index < -0.39 is 0 Å². The van der Waals surface area contributed by atoms with E-state index in [1.54, 1.807) is 0 Å². The van der Waals surface area contributed by atoms with E-state index in [-0.39, 0.29) is 11.8 Å². The highest BCUT2D eigenvalue weighted by molar-refractivity contribution is 5.90. The van der Waals surface area contributed by atoms with Crippen LogP contribution < -0.4 is 10.6 Å². The number of rotatable bonds is 7. The van der Waals surface area contributed by atoms with Gasteiger partial charge < -0.3 is 10.6 Å². The molecule has 2 aliphatic carbocycles. The maximum absolute atomic E-state index is 12.2. The summed E-state index contributed by atoms with van der Waals surface area (Å²) in [5.74, 6) is 1.37. The second-order valence-corrected chi connectivity index (χ2v) is 7.73. The molecule has 0 unspecified atom stereocenters. The third-order valence-corrected chi connectivity index (χ3v) is 5.60. The maximum Gasteiger partial charge on any atom is 0.224 e. The van der Waals surface area contributed by atoms with Gasteiger partial charge in [-0.2, -0.15) is 0 Å². The van der Waals surface area contributed by atoms with Crippen LogP contribution >= 0.6 is 0 Å². The molecule has 1 aromatic carbocycles. The lowest BCUT2D eigenvalue weighted by atomic mass is 10.0. The third kappa shape index (κ3) is 5.87. The normalized spacial score (nSPS) is 18.4. The molecule has 136 valence electrons. The van der Waals surface area contributed by atoms with Crippen LogP contribution in [0.15, 0.2) is 24.3 Å². The van der Waals surface area contributed by atoms with Crippen molar-refractivity contribution in [2.75, 3.05) is 5.32 Å². The summed E-state index contributed by atoms with van der Waals surface area (Å²) in [5, 5.41) is 6.02. The Bertz CT molecular complexity index is 587. The van der Waals surface area contributed by atoms with Crippen LogP contribution in [0.1, 0.15) is 69.8 Å². The number of carbonyl (C=O) groups excluding carboxylic acids is 2. The standard InChI is InChI=1S/C21H30N2O2/c24-20(13-16-6-1-2-7-16)22-15-18-10-5-11-19(12-18)23-21(25)14-17-8-3-4-9-17/h5,10-12,16-17H,1-4,6-9,13-15H2,(H,22,24)(H,23,25). The molecule has 2 saturated carbocycles. The second-order valence-electron chi connectivity index (χ2n) is 7.73. The van der Waals surface area contributed by atoms with Crippen LogP contribution in [-0.2, 0) is 16.1 Å². The van der Waals surface area contributed by atoms with E-state index in [1.807, 2.05) is 24.3 Å². The lowest BCUT2D eigenvalue weighted by Crippen LogP contribution is -2.24. The van der Waals surface area contributed by atoms with Gasteiger partial charge in [-0.15, -0.1) is 0 Å². The van der Waals surface area contributed by atoms with Crippen molar-refractivity contribution in [1.29, 1.82) is 0 Å². The number of nitrogens with one attached hydrogen (secondary N) is 2. The first-order valence-corrected chi connectivity index (χ1v) is 9.84. The van der Waals surface area contributed by atoms with E-state index in [0.29, 0.717) is 31.2 Å². The maximum atomic E-state index is 12.2. The quantitative estimate of drug-likeness (QED) is 0.771. The van der Waals surface area contributed by atoms with Gasteiger partial charge in [0.2, 0.25) is 11.8 Å². The largest absolute Gasteiger partial charge is 0.352 e. The minimum Gasteiger partial charge on any atom is -0.352 e. The Balaban J connectivity index is 1.43. The van der Waals surface area contributed by atoms with Crippen LogP contribution in [0, 0.1) is 11.8 Å². The lowest BCUT2D eigenvalue weighted by molar-refractivity contribution is -0.122. The predicted molar refractivity (Wildman–Crippen MR) is 100 cm³/mol. The molecular weight excluding hydrogens is 312 g/mol. The fourth-order valence-corrected chi connectivity index (χ4v) is 4.20. The Labute approximate surface area is 150 Å². The average molecular weight is 342 g/mol. The van der Waals surface area contributed by atoms with Crippen molar-refractivity contribution in [3.63, 3.8) is 0 Å². The van der Waals surface area contributed by atoms with Crippen LogP contribution in [0.2, 0.25) is 0 Å².